The number of thiophene rings is 1. The van der Waals surface area contributed by atoms with Gasteiger partial charge in [0.15, 0.2) is 0 Å². The van der Waals surface area contributed by atoms with E-state index in [1.165, 1.54) is 41.2 Å². The summed E-state index contributed by atoms with van der Waals surface area (Å²) < 4.78 is 13.9. The summed E-state index contributed by atoms with van der Waals surface area (Å²) in [4.78, 5) is 1.57. The van der Waals surface area contributed by atoms with Crippen molar-refractivity contribution in [1.82, 2.24) is 0 Å². The zero-order chi connectivity index (χ0) is 15.5. The van der Waals surface area contributed by atoms with Crippen LogP contribution in [-0.2, 0) is 22.2 Å². The largest absolute Gasteiger partial charge is 0.496 e. The number of rotatable bonds is 1. The summed E-state index contributed by atoms with van der Waals surface area (Å²) in [6.07, 6.45) is 5.10. The molecule has 4 heteroatoms. The Morgan fingerprint density at radius 2 is 1.68 bits per heavy atom. The lowest BCUT2D eigenvalue weighted by Gasteiger charge is -2.32. The Bertz CT molecular complexity index is 716. The molecular weight excluding hydrogens is 291 g/mol. The van der Waals surface area contributed by atoms with Crippen LogP contribution in [0.25, 0.3) is 10.1 Å². The number of fused-ring (bicyclic) bond motifs is 3. The molecule has 0 saturated carbocycles. The summed E-state index contributed by atoms with van der Waals surface area (Å²) >= 11 is 1.95. The zero-order valence-corrected chi connectivity index (χ0v) is 14.7. The van der Waals surface area contributed by atoms with E-state index in [0.717, 1.165) is 0 Å². The quantitative estimate of drug-likeness (QED) is 0.739. The van der Waals surface area contributed by atoms with E-state index < -0.39 is 0 Å². The third-order valence-electron chi connectivity index (χ3n) is 5.52. The SMILES string of the molecule is CC1(C)OB(c2cccc3c4c(sc23)CCCC4)OC1(C)C. The second-order valence-corrected chi connectivity index (χ2v) is 8.63. The molecule has 0 atom stereocenters. The summed E-state index contributed by atoms with van der Waals surface area (Å²) in [5, 5.41) is 1.42. The Hall–Kier alpha value is -0.835. The van der Waals surface area contributed by atoms with Gasteiger partial charge in [-0.05, 0) is 64.3 Å². The maximum Gasteiger partial charge on any atom is 0.496 e. The van der Waals surface area contributed by atoms with Crippen LogP contribution in [0.2, 0.25) is 0 Å². The lowest BCUT2D eigenvalue weighted by Crippen LogP contribution is -2.41. The first-order valence-corrected chi connectivity index (χ1v) is 9.09. The lowest BCUT2D eigenvalue weighted by atomic mass is 9.78. The molecule has 0 N–H and O–H groups in total. The fourth-order valence-electron chi connectivity index (χ4n) is 3.46. The maximum absolute atomic E-state index is 6.27. The van der Waals surface area contributed by atoms with Crippen LogP contribution in [0, 0.1) is 0 Å². The van der Waals surface area contributed by atoms with E-state index in [1.54, 1.807) is 10.4 Å². The van der Waals surface area contributed by atoms with Gasteiger partial charge >= 0.3 is 7.12 Å². The minimum atomic E-state index is -0.281. The van der Waals surface area contributed by atoms with Gasteiger partial charge in [0.1, 0.15) is 0 Å². The summed E-state index contributed by atoms with van der Waals surface area (Å²) in [6.45, 7) is 8.47. The first-order chi connectivity index (χ1) is 10.4. The first kappa shape index (κ1) is 14.7. The van der Waals surface area contributed by atoms with Gasteiger partial charge < -0.3 is 9.31 Å². The summed E-state index contributed by atoms with van der Waals surface area (Å²) in [5.74, 6) is 0. The van der Waals surface area contributed by atoms with Crippen LogP contribution in [0.5, 0.6) is 0 Å². The monoisotopic (exact) mass is 314 g/mol. The number of aryl methyl sites for hydroxylation is 2. The van der Waals surface area contributed by atoms with Gasteiger partial charge in [0.25, 0.3) is 0 Å². The Kier molecular flexibility index (Phi) is 3.23. The summed E-state index contributed by atoms with van der Waals surface area (Å²) in [5.41, 5.74) is 2.22. The van der Waals surface area contributed by atoms with E-state index in [4.69, 9.17) is 9.31 Å². The molecule has 2 aromatic rings. The number of hydrogen-bond acceptors (Lipinski definition) is 3. The number of hydrogen-bond donors (Lipinski definition) is 0. The predicted molar refractivity (Wildman–Crippen MR) is 94.2 cm³/mol. The highest BCUT2D eigenvalue weighted by Crippen LogP contribution is 2.39. The molecule has 1 aliphatic carbocycles. The van der Waals surface area contributed by atoms with Crippen molar-refractivity contribution in [3.8, 4) is 0 Å². The smallest absolute Gasteiger partial charge is 0.399 e. The first-order valence-electron chi connectivity index (χ1n) is 8.28. The van der Waals surface area contributed by atoms with Gasteiger partial charge in [-0.25, -0.2) is 0 Å². The van der Waals surface area contributed by atoms with E-state index in [-0.39, 0.29) is 18.3 Å². The normalized spacial score (nSPS) is 23.0. The standard InChI is InChI=1S/C18H23BO2S/c1-17(2)18(3,4)21-19(20-17)14-10-7-9-13-12-8-5-6-11-15(12)22-16(13)14/h7,9-10H,5-6,8,11H2,1-4H3. The van der Waals surface area contributed by atoms with E-state index in [9.17, 15) is 0 Å². The summed E-state index contributed by atoms with van der Waals surface area (Å²) in [6, 6.07) is 6.60. The van der Waals surface area contributed by atoms with Gasteiger partial charge in [-0.2, -0.15) is 0 Å². The van der Waals surface area contributed by atoms with Crippen molar-refractivity contribution in [2.75, 3.05) is 0 Å². The Morgan fingerprint density at radius 3 is 2.41 bits per heavy atom. The predicted octanol–water partition coefficient (Wildman–Crippen LogP) is 4.08. The fourth-order valence-corrected chi connectivity index (χ4v) is 4.87. The van der Waals surface area contributed by atoms with Crippen molar-refractivity contribution in [1.29, 1.82) is 0 Å². The molecule has 4 rings (SSSR count). The van der Waals surface area contributed by atoms with E-state index in [2.05, 4.69) is 45.9 Å². The van der Waals surface area contributed by atoms with Crippen molar-refractivity contribution in [3.05, 3.63) is 28.6 Å². The van der Waals surface area contributed by atoms with Gasteiger partial charge in [-0.15, -0.1) is 11.3 Å². The molecule has 0 spiro atoms. The highest BCUT2D eigenvalue weighted by molar-refractivity contribution is 7.20. The molecule has 1 aliphatic heterocycles. The van der Waals surface area contributed by atoms with Crippen LogP contribution < -0.4 is 5.46 Å². The molecule has 0 unspecified atom stereocenters. The van der Waals surface area contributed by atoms with Crippen molar-refractivity contribution in [2.45, 2.75) is 64.6 Å². The van der Waals surface area contributed by atoms with E-state index in [0.29, 0.717) is 0 Å². The molecule has 22 heavy (non-hydrogen) atoms. The van der Waals surface area contributed by atoms with Crippen LogP contribution in [0.3, 0.4) is 0 Å². The van der Waals surface area contributed by atoms with Gasteiger partial charge in [0, 0.05) is 15.0 Å². The van der Waals surface area contributed by atoms with Gasteiger partial charge in [0.05, 0.1) is 11.2 Å². The second-order valence-electron chi connectivity index (χ2n) is 7.52. The van der Waals surface area contributed by atoms with Crippen LogP contribution in [0.15, 0.2) is 18.2 Å². The van der Waals surface area contributed by atoms with Crippen molar-refractivity contribution >= 4 is 34.0 Å². The second kappa shape index (κ2) is 4.83. The van der Waals surface area contributed by atoms with Crippen LogP contribution in [0.4, 0.5) is 0 Å². The van der Waals surface area contributed by atoms with Crippen molar-refractivity contribution in [3.63, 3.8) is 0 Å². The molecular formula is C18H23BO2S. The molecule has 1 aromatic heterocycles. The molecule has 2 nitrogen and oxygen atoms in total. The molecule has 2 aliphatic rings. The average Bonchev–Trinajstić information content (AvgIpc) is 2.93. The lowest BCUT2D eigenvalue weighted by molar-refractivity contribution is 0.00578. The number of benzene rings is 1. The third-order valence-corrected chi connectivity index (χ3v) is 6.88. The maximum atomic E-state index is 6.27. The van der Waals surface area contributed by atoms with E-state index in [1.807, 2.05) is 11.3 Å². The van der Waals surface area contributed by atoms with Gasteiger partial charge in [-0.3, -0.25) is 0 Å². The van der Waals surface area contributed by atoms with Gasteiger partial charge in [0.2, 0.25) is 0 Å². The highest BCUT2D eigenvalue weighted by atomic mass is 32.1. The Labute approximate surface area is 137 Å². The average molecular weight is 314 g/mol. The minimum Gasteiger partial charge on any atom is -0.399 e. The molecule has 116 valence electrons. The highest BCUT2D eigenvalue weighted by Gasteiger charge is 2.52. The molecule has 0 amide bonds. The van der Waals surface area contributed by atoms with E-state index >= 15 is 0 Å². The van der Waals surface area contributed by atoms with Crippen LogP contribution in [0.1, 0.15) is 51.0 Å². The third kappa shape index (κ3) is 2.08. The molecule has 1 fully saturated rings. The zero-order valence-electron chi connectivity index (χ0n) is 13.9. The van der Waals surface area contributed by atoms with Gasteiger partial charge in [-0.1, -0.05) is 18.2 Å². The Morgan fingerprint density at radius 1 is 1.00 bits per heavy atom. The summed E-state index contributed by atoms with van der Waals surface area (Å²) in [7, 11) is -0.256. The molecule has 0 radical (unpaired) electrons. The van der Waals surface area contributed by atoms with Crippen LogP contribution in [-0.4, -0.2) is 18.3 Å². The molecule has 1 aromatic carbocycles. The molecule has 0 bridgehead atoms. The fraction of sp³-hybridized carbons (Fsp3) is 0.556. The Balaban J connectivity index is 1.82. The van der Waals surface area contributed by atoms with Crippen molar-refractivity contribution in [2.24, 2.45) is 0 Å². The van der Waals surface area contributed by atoms with Crippen LogP contribution >= 0.6 is 11.3 Å². The topological polar surface area (TPSA) is 18.5 Å². The molecule has 2 heterocycles. The van der Waals surface area contributed by atoms with Crippen molar-refractivity contribution < 1.29 is 9.31 Å². The minimum absolute atomic E-state index is 0.256. The molecule has 1 saturated heterocycles.